The highest BCUT2D eigenvalue weighted by molar-refractivity contribution is 5.47. The van der Waals surface area contributed by atoms with E-state index in [1.807, 2.05) is 4.90 Å². The van der Waals surface area contributed by atoms with Crippen molar-refractivity contribution in [2.24, 2.45) is 0 Å². The Morgan fingerprint density at radius 2 is 1.92 bits per heavy atom. The summed E-state index contributed by atoms with van der Waals surface area (Å²) in [7, 11) is 0. The maximum atomic E-state index is 10.7. The maximum absolute atomic E-state index is 10.7. The van der Waals surface area contributed by atoms with Gasteiger partial charge in [0.05, 0.1) is 6.61 Å². The van der Waals surface area contributed by atoms with Crippen molar-refractivity contribution in [3.8, 4) is 5.75 Å². The van der Waals surface area contributed by atoms with Crippen LogP contribution in [0.4, 0.5) is 0 Å². The third-order valence-electron chi connectivity index (χ3n) is 5.03. The quantitative estimate of drug-likeness (QED) is 0.775. The highest BCUT2D eigenvalue weighted by Gasteiger charge is 2.15. The first-order valence-corrected chi connectivity index (χ1v) is 9.20. The van der Waals surface area contributed by atoms with Gasteiger partial charge in [-0.2, -0.15) is 0 Å². The number of benzene rings is 1. The Balaban J connectivity index is 1.38. The van der Waals surface area contributed by atoms with E-state index in [9.17, 15) is 4.79 Å². The summed E-state index contributed by atoms with van der Waals surface area (Å²) in [4.78, 5) is 15.0. The second kappa shape index (κ2) is 9.04. The molecule has 0 aliphatic carbocycles. The van der Waals surface area contributed by atoms with Gasteiger partial charge in [-0.05, 0) is 43.5 Å². The zero-order valence-electron chi connectivity index (χ0n) is 14.5. The Kier molecular flexibility index (Phi) is 6.49. The van der Waals surface area contributed by atoms with E-state index < -0.39 is 0 Å². The van der Waals surface area contributed by atoms with Gasteiger partial charge in [0.15, 0.2) is 0 Å². The molecule has 1 atom stereocenters. The van der Waals surface area contributed by atoms with Crippen molar-refractivity contribution in [2.75, 3.05) is 39.3 Å². The second-order valence-electron chi connectivity index (χ2n) is 6.85. The van der Waals surface area contributed by atoms with Crippen molar-refractivity contribution in [3.63, 3.8) is 0 Å². The van der Waals surface area contributed by atoms with E-state index in [1.165, 1.54) is 24.8 Å². The van der Waals surface area contributed by atoms with Crippen molar-refractivity contribution in [1.29, 1.82) is 0 Å². The molecule has 5 heteroatoms. The summed E-state index contributed by atoms with van der Waals surface area (Å²) < 4.78 is 5.88. The standard InChI is InChI=1S/C19H29N3O2/c23-16-22-12-10-21(11-13-22)15-17-4-6-19(7-5-17)24-14-8-18-3-1-2-9-20-18/h4-7,16,18,20H,1-3,8-15H2/t18-/m1/s1. The molecule has 2 aliphatic rings. The molecule has 2 heterocycles. The van der Waals surface area contributed by atoms with Crippen LogP contribution in [0.3, 0.4) is 0 Å². The first kappa shape index (κ1) is 17.2. The van der Waals surface area contributed by atoms with Gasteiger partial charge in [0.2, 0.25) is 6.41 Å². The molecule has 0 unspecified atom stereocenters. The molecule has 0 bridgehead atoms. The number of hydrogen-bond donors (Lipinski definition) is 1. The molecule has 2 saturated heterocycles. The average molecular weight is 331 g/mol. The number of nitrogens with one attached hydrogen (secondary N) is 1. The molecule has 1 amide bonds. The summed E-state index contributed by atoms with van der Waals surface area (Å²) >= 11 is 0. The third kappa shape index (κ3) is 5.21. The molecule has 5 nitrogen and oxygen atoms in total. The van der Waals surface area contributed by atoms with Crippen molar-refractivity contribution < 1.29 is 9.53 Å². The fraction of sp³-hybridized carbons (Fsp3) is 0.632. The van der Waals surface area contributed by atoms with Crippen LogP contribution in [0.5, 0.6) is 5.75 Å². The van der Waals surface area contributed by atoms with Gasteiger partial charge in [-0.15, -0.1) is 0 Å². The third-order valence-corrected chi connectivity index (χ3v) is 5.03. The van der Waals surface area contributed by atoms with Gasteiger partial charge in [0.1, 0.15) is 5.75 Å². The lowest BCUT2D eigenvalue weighted by Gasteiger charge is -2.32. The molecule has 132 valence electrons. The number of carbonyl (C=O) groups excluding carboxylic acids is 1. The normalized spacial score (nSPS) is 22.3. The summed E-state index contributed by atoms with van der Waals surface area (Å²) in [6, 6.07) is 9.08. The second-order valence-corrected chi connectivity index (χ2v) is 6.85. The van der Waals surface area contributed by atoms with E-state index in [0.717, 1.165) is 64.5 Å². The molecule has 2 fully saturated rings. The molecule has 2 aliphatic heterocycles. The number of hydrogen-bond acceptors (Lipinski definition) is 4. The minimum absolute atomic E-state index is 0.628. The van der Waals surface area contributed by atoms with Crippen molar-refractivity contribution in [1.82, 2.24) is 15.1 Å². The Bertz CT molecular complexity index is 492. The minimum atomic E-state index is 0.628. The minimum Gasteiger partial charge on any atom is -0.494 e. The van der Waals surface area contributed by atoms with Crippen LogP contribution in [-0.4, -0.2) is 61.6 Å². The van der Waals surface area contributed by atoms with E-state index in [-0.39, 0.29) is 0 Å². The molecule has 0 radical (unpaired) electrons. The summed E-state index contributed by atoms with van der Waals surface area (Å²) in [6.45, 7) is 6.45. The molecule has 3 rings (SSSR count). The van der Waals surface area contributed by atoms with Crippen LogP contribution in [-0.2, 0) is 11.3 Å². The Hall–Kier alpha value is -1.59. The molecule has 0 saturated carbocycles. The molecule has 1 aromatic carbocycles. The van der Waals surface area contributed by atoms with Gasteiger partial charge in [0.25, 0.3) is 0 Å². The smallest absolute Gasteiger partial charge is 0.209 e. The van der Waals surface area contributed by atoms with Crippen LogP contribution in [0.25, 0.3) is 0 Å². The highest BCUT2D eigenvalue weighted by atomic mass is 16.5. The molecule has 24 heavy (non-hydrogen) atoms. The first-order chi connectivity index (χ1) is 11.8. The van der Waals surface area contributed by atoms with Crippen molar-refractivity contribution >= 4 is 6.41 Å². The largest absolute Gasteiger partial charge is 0.494 e. The molecule has 0 aromatic heterocycles. The molecular formula is C19H29N3O2. The number of amides is 1. The van der Waals surface area contributed by atoms with Gasteiger partial charge >= 0.3 is 0 Å². The first-order valence-electron chi connectivity index (χ1n) is 9.20. The topological polar surface area (TPSA) is 44.8 Å². The number of carbonyl (C=O) groups is 1. The Labute approximate surface area is 145 Å². The molecule has 1 aromatic rings. The van der Waals surface area contributed by atoms with Gasteiger partial charge in [-0.3, -0.25) is 9.69 Å². The summed E-state index contributed by atoms with van der Waals surface area (Å²) in [5.41, 5.74) is 1.30. The molecule has 0 spiro atoms. The predicted molar refractivity (Wildman–Crippen MR) is 95.1 cm³/mol. The predicted octanol–water partition coefficient (Wildman–Crippen LogP) is 1.87. The van der Waals surface area contributed by atoms with E-state index >= 15 is 0 Å². The van der Waals surface area contributed by atoms with Crippen LogP contribution < -0.4 is 10.1 Å². The van der Waals surface area contributed by atoms with Crippen molar-refractivity contribution in [3.05, 3.63) is 29.8 Å². The van der Waals surface area contributed by atoms with Crippen LogP contribution in [0.15, 0.2) is 24.3 Å². The SMILES string of the molecule is O=CN1CCN(Cc2ccc(OCC[C@H]3CCCCN3)cc2)CC1. The van der Waals surface area contributed by atoms with Gasteiger partial charge in [0, 0.05) is 38.8 Å². The number of ether oxygens (including phenoxy) is 1. The molecule has 1 N–H and O–H groups in total. The fourth-order valence-electron chi connectivity index (χ4n) is 3.47. The number of piperazine rings is 1. The lowest BCUT2D eigenvalue weighted by atomic mass is 10.0. The van der Waals surface area contributed by atoms with E-state index in [1.54, 1.807) is 0 Å². The van der Waals surface area contributed by atoms with Crippen molar-refractivity contribution in [2.45, 2.75) is 38.3 Å². The maximum Gasteiger partial charge on any atom is 0.209 e. The zero-order chi connectivity index (χ0) is 16.6. The van der Waals surface area contributed by atoms with Gasteiger partial charge in [-0.25, -0.2) is 0 Å². The average Bonchev–Trinajstić information content (AvgIpc) is 2.65. The lowest BCUT2D eigenvalue weighted by molar-refractivity contribution is -0.119. The van der Waals surface area contributed by atoms with Gasteiger partial charge < -0.3 is 15.0 Å². The lowest BCUT2D eigenvalue weighted by Crippen LogP contribution is -2.45. The van der Waals surface area contributed by atoms with E-state index in [2.05, 4.69) is 34.5 Å². The monoisotopic (exact) mass is 331 g/mol. The highest BCUT2D eigenvalue weighted by Crippen LogP contribution is 2.16. The van der Waals surface area contributed by atoms with E-state index in [0.29, 0.717) is 6.04 Å². The van der Waals surface area contributed by atoms with Crippen LogP contribution in [0, 0.1) is 0 Å². The van der Waals surface area contributed by atoms with Crippen LogP contribution >= 0.6 is 0 Å². The van der Waals surface area contributed by atoms with E-state index in [4.69, 9.17) is 4.74 Å². The number of nitrogens with zero attached hydrogens (tertiary/aromatic N) is 2. The summed E-state index contributed by atoms with van der Waals surface area (Å²) in [5.74, 6) is 0.959. The van der Waals surface area contributed by atoms with Crippen LogP contribution in [0.1, 0.15) is 31.2 Å². The Morgan fingerprint density at radius 3 is 2.58 bits per heavy atom. The number of piperidine rings is 1. The fourth-order valence-corrected chi connectivity index (χ4v) is 3.47. The van der Waals surface area contributed by atoms with Gasteiger partial charge in [-0.1, -0.05) is 18.6 Å². The zero-order valence-corrected chi connectivity index (χ0v) is 14.5. The Morgan fingerprint density at radius 1 is 1.12 bits per heavy atom. The number of rotatable bonds is 7. The summed E-state index contributed by atoms with van der Waals surface area (Å²) in [5, 5.41) is 3.56. The molecular weight excluding hydrogens is 302 g/mol. The van der Waals surface area contributed by atoms with Crippen LogP contribution in [0.2, 0.25) is 0 Å². The summed E-state index contributed by atoms with van der Waals surface area (Å²) in [6.07, 6.45) is 5.96.